The lowest BCUT2D eigenvalue weighted by Crippen LogP contribution is -2.61. The molecule has 0 spiro atoms. The number of hydrogen-bond acceptors (Lipinski definition) is 2. The standard InChI is InChI=1S/C21H24O2Si2/c1-2-25(20-14-8-4-9-15-20,21-16-10-5-11-17-21)23-24-22-18-19-12-6-3-7-13-19/h3-17H,2,18,24H2,1H3. The monoisotopic (exact) mass is 364 g/mol. The van der Waals surface area contributed by atoms with Crippen LogP contribution in [-0.2, 0) is 15.1 Å². The largest absolute Gasteiger partial charge is 0.433 e. The third-order valence-corrected chi connectivity index (χ3v) is 10.8. The van der Waals surface area contributed by atoms with Gasteiger partial charge in [-0.2, -0.15) is 0 Å². The molecule has 0 bridgehead atoms. The fourth-order valence-corrected chi connectivity index (χ4v) is 9.35. The highest BCUT2D eigenvalue weighted by Gasteiger charge is 2.37. The van der Waals surface area contributed by atoms with Crippen molar-refractivity contribution < 1.29 is 8.54 Å². The van der Waals surface area contributed by atoms with Gasteiger partial charge in [0.15, 0.2) is 0 Å². The fraction of sp³-hybridized carbons (Fsp3) is 0.143. The summed E-state index contributed by atoms with van der Waals surface area (Å²) in [6.45, 7) is 2.86. The van der Waals surface area contributed by atoms with Gasteiger partial charge in [0.05, 0.1) is 6.61 Å². The molecule has 0 saturated heterocycles. The van der Waals surface area contributed by atoms with Crippen LogP contribution in [-0.4, -0.2) is 18.3 Å². The highest BCUT2D eigenvalue weighted by molar-refractivity contribution is 6.99. The van der Waals surface area contributed by atoms with Crippen molar-refractivity contribution in [3.05, 3.63) is 96.6 Å². The first kappa shape index (κ1) is 17.8. The molecule has 0 N–H and O–H groups in total. The van der Waals surface area contributed by atoms with Gasteiger partial charge in [-0.1, -0.05) is 97.9 Å². The third-order valence-electron chi connectivity index (χ3n) is 4.48. The van der Waals surface area contributed by atoms with Gasteiger partial charge >= 0.3 is 0 Å². The summed E-state index contributed by atoms with van der Waals surface area (Å²) in [5.41, 5.74) is 1.20. The Kier molecular flexibility index (Phi) is 6.36. The minimum absolute atomic E-state index is 0.630. The molecule has 4 heteroatoms. The SMILES string of the molecule is CC[Si](O[SiH2]OCc1ccccc1)(c1ccccc1)c1ccccc1. The first-order valence-corrected chi connectivity index (χ1v) is 12.0. The molecule has 0 aliphatic heterocycles. The van der Waals surface area contributed by atoms with Gasteiger partial charge in [-0.05, 0) is 22.0 Å². The summed E-state index contributed by atoms with van der Waals surface area (Å²) in [7, 11) is -3.30. The molecule has 0 radical (unpaired) electrons. The van der Waals surface area contributed by atoms with Crippen LogP contribution in [0.4, 0.5) is 0 Å². The van der Waals surface area contributed by atoms with Crippen molar-refractivity contribution in [1.29, 1.82) is 0 Å². The van der Waals surface area contributed by atoms with Gasteiger partial charge in [0.25, 0.3) is 10.0 Å². The van der Waals surface area contributed by atoms with E-state index in [4.69, 9.17) is 8.54 Å². The molecule has 0 atom stereocenters. The van der Waals surface area contributed by atoms with Gasteiger partial charge in [-0.15, -0.1) is 0 Å². The van der Waals surface area contributed by atoms with E-state index in [0.717, 1.165) is 6.04 Å². The molecule has 3 aromatic rings. The van der Waals surface area contributed by atoms with Crippen LogP contribution in [0.15, 0.2) is 91.0 Å². The zero-order valence-electron chi connectivity index (χ0n) is 14.6. The van der Waals surface area contributed by atoms with Crippen molar-refractivity contribution >= 4 is 28.7 Å². The lowest BCUT2D eigenvalue weighted by molar-refractivity contribution is 0.278. The van der Waals surface area contributed by atoms with Gasteiger partial charge < -0.3 is 8.54 Å². The molecule has 0 aliphatic carbocycles. The molecule has 3 rings (SSSR count). The number of hydrogen-bond donors (Lipinski definition) is 0. The molecule has 3 aromatic carbocycles. The first-order valence-electron chi connectivity index (χ1n) is 8.72. The lowest BCUT2D eigenvalue weighted by atomic mass is 10.2. The van der Waals surface area contributed by atoms with E-state index in [2.05, 4.69) is 79.7 Å². The highest BCUT2D eigenvalue weighted by atomic mass is 28.4. The van der Waals surface area contributed by atoms with Crippen LogP contribution in [0.5, 0.6) is 0 Å². The number of rotatable bonds is 8. The molecule has 128 valence electrons. The van der Waals surface area contributed by atoms with E-state index >= 15 is 0 Å². The Balaban J connectivity index is 1.77. The van der Waals surface area contributed by atoms with Crippen molar-refractivity contribution in [3.63, 3.8) is 0 Å². The summed E-state index contributed by atoms with van der Waals surface area (Å²) >= 11 is 0. The van der Waals surface area contributed by atoms with Crippen molar-refractivity contribution in [2.75, 3.05) is 0 Å². The van der Waals surface area contributed by atoms with Crippen LogP contribution in [0, 0.1) is 0 Å². The van der Waals surface area contributed by atoms with E-state index in [1.54, 1.807) is 0 Å². The summed E-state index contributed by atoms with van der Waals surface area (Å²) in [6.07, 6.45) is 0. The van der Waals surface area contributed by atoms with Crippen LogP contribution >= 0.6 is 0 Å². The molecule has 0 aromatic heterocycles. The van der Waals surface area contributed by atoms with Crippen molar-refractivity contribution in [2.45, 2.75) is 19.6 Å². The predicted molar refractivity (Wildman–Crippen MR) is 109 cm³/mol. The van der Waals surface area contributed by atoms with E-state index in [1.165, 1.54) is 15.9 Å². The number of benzene rings is 3. The first-order chi connectivity index (χ1) is 12.3. The molecule has 2 nitrogen and oxygen atoms in total. The Bertz CT molecular complexity index is 709. The maximum Gasteiger partial charge on any atom is 0.294 e. The van der Waals surface area contributed by atoms with E-state index in [0.29, 0.717) is 6.61 Å². The molecule has 25 heavy (non-hydrogen) atoms. The summed E-state index contributed by atoms with van der Waals surface area (Å²) in [5.74, 6) is 0. The summed E-state index contributed by atoms with van der Waals surface area (Å²) in [6, 6.07) is 32.6. The maximum absolute atomic E-state index is 6.63. The normalized spacial score (nSPS) is 11.9. The Morgan fingerprint density at radius 3 is 1.68 bits per heavy atom. The molecule has 0 aliphatic rings. The van der Waals surface area contributed by atoms with Crippen molar-refractivity contribution in [3.8, 4) is 0 Å². The minimum atomic E-state index is -2.22. The van der Waals surface area contributed by atoms with Crippen LogP contribution in [0.3, 0.4) is 0 Å². The van der Waals surface area contributed by atoms with Gasteiger partial charge in [-0.3, -0.25) is 0 Å². The minimum Gasteiger partial charge on any atom is -0.433 e. The van der Waals surface area contributed by atoms with Crippen LogP contribution in [0.1, 0.15) is 12.5 Å². The summed E-state index contributed by atoms with van der Waals surface area (Å²) in [4.78, 5) is 0. The molecule has 0 fully saturated rings. The van der Waals surface area contributed by atoms with Crippen LogP contribution < -0.4 is 10.4 Å². The van der Waals surface area contributed by atoms with Gasteiger partial charge in [0, 0.05) is 0 Å². The molecule has 0 amide bonds. The Morgan fingerprint density at radius 2 is 1.20 bits per heavy atom. The quantitative estimate of drug-likeness (QED) is 0.452. The fourth-order valence-electron chi connectivity index (χ4n) is 3.13. The van der Waals surface area contributed by atoms with E-state index in [-0.39, 0.29) is 0 Å². The van der Waals surface area contributed by atoms with E-state index in [1.807, 2.05) is 18.2 Å². The second kappa shape index (κ2) is 8.92. The molecule has 0 saturated carbocycles. The maximum atomic E-state index is 6.63. The molecule has 0 heterocycles. The lowest BCUT2D eigenvalue weighted by Gasteiger charge is -2.31. The molecule has 0 unspecified atom stereocenters. The zero-order valence-corrected chi connectivity index (χ0v) is 17.0. The van der Waals surface area contributed by atoms with Crippen molar-refractivity contribution in [2.24, 2.45) is 0 Å². The molecular weight excluding hydrogens is 340 g/mol. The third kappa shape index (κ3) is 4.35. The van der Waals surface area contributed by atoms with E-state index in [9.17, 15) is 0 Å². The van der Waals surface area contributed by atoms with Crippen LogP contribution in [0.25, 0.3) is 0 Å². The smallest absolute Gasteiger partial charge is 0.294 e. The Morgan fingerprint density at radius 1 is 0.720 bits per heavy atom. The predicted octanol–water partition coefficient (Wildman–Crippen LogP) is 3.00. The highest BCUT2D eigenvalue weighted by Crippen LogP contribution is 2.13. The van der Waals surface area contributed by atoms with Crippen molar-refractivity contribution in [1.82, 2.24) is 0 Å². The van der Waals surface area contributed by atoms with Gasteiger partial charge in [0.2, 0.25) is 8.32 Å². The second-order valence-electron chi connectivity index (χ2n) is 6.01. The Hall–Kier alpha value is -1.99. The topological polar surface area (TPSA) is 18.5 Å². The van der Waals surface area contributed by atoms with Gasteiger partial charge in [-0.25, -0.2) is 0 Å². The second-order valence-corrected chi connectivity index (χ2v) is 11.3. The van der Waals surface area contributed by atoms with Crippen LogP contribution in [0.2, 0.25) is 6.04 Å². The van der Waals surface area contributed by atoms with Gasteiger partial charge in [0.1, 0.15) is 0 Å². The zero-order chi connectivity index (χ0) is 17.4. The average Bonchev–Trinajstić information content (AvgIpc) is 2.71. The summed E-state index contributed by atoms with van der Waals surface area (Å²) < 4.78 is 12.6. The van der Waals surface area contributed by atoms with E-state index < -0.39 is 18.3 Å². The molecular formula is C21H24O2Si2. The average molecular weight is 365 g/mol. The summed E-state index contributed by atoms with van der Waals surface area (Å²) in [5, 5.41) is 2.64. The Labute approximate surface area is 153 Å².